The number of ketones is 1. The fourth-order valence-corrected chi connectivity index (χ4v) is 3.08. The highest BCUT2D eigenvalue weighted by Gasteiger charge is 2.31. The van der Waals surface area contributed by atoms with Crippen LogP contribution in [0.15, 0.2) is 40.8 Å². The molecule has 1 atom stereocenters. The van der Waals surface area contributed by atoms with Crippen molar-refractivity contribution in [2.24, 2.45) is 5.16 Å². The maximum Gasteiger partial charge on any atom is 0.168 e. The Labute approximate surface area is 144 Å². The number of aryl methyl sites for hydroxylation is 1. The van der Waals surface area contributed by atoms with Crippen molar-refractivity contribution < 1.29 is 14.7 Å². The number of carbonyl (C=O) groups excluding carboxylic acids is 1. The van der Waals surface area contributed by atoms with Crippen molar-refractivity contribution in [3.05, 3.63) is 46.7 Å². The minimum Gasteiger partial charge on any atom is -0.511 e. The first-order valence-corrected chi connectivity index (χ1v) is 8.83. The number of benzene rings is 1. The van der Waals surface area contributed by atoms with Crippen LogP contribution in [0.3, 0.4) is 0 Å². The van der Waals surface area contributed by atoms with Gasteiger partial charge < -0.3 is 9.94 Å². The fourth-order valence-electron chi connectivity index (χ4n) is 3.08. The van der Waals surface area contributed by atoms with Crippen LogP contribution in [0, 0.1) is 0 Å². The molecule has 0 aromatic heterocycles. The number of aliphatic hydroxyl groups is 1. The molecule has 1 aliphatic carbocycles. The van der Waals surface area contributed by atoms with Gasteiger partial charge in [0.15, 0.2) is 5.78 Å². The zero-order valence-corrected chi connectivity index (χ0v) is 14.8. The lowest BCUT2D eigenvalue weighted by molar-refractivity contribution is -0.116. The molecule has 0 saturated carbocycles. The summed E-state index contributed by atoms with van der Waals surface area (Å²) in [4.78, 5) is 17.8. The van der Waals surface area contributed by atoms with E-state index in [1.807, 2.05) is 13.8 Å². The summed E-state index contributed by atoms with van der Waals surface area (Å²) in [6, 6.07) is 8.32. The number of nitrogens with zero attached hydrogens (tertiary/aromatic N) is 1. The molecule has 0 aliphatic heterocycles. The Balaban J connectivity index is 2.25. The summed E-state index contributed by atoms with van der Waals surface area (Å²) < 4.78 is 0. The van der Waals surface area contributed by atoms with Crippen molar-refractivity contribution in [2.75, 3.05) is 6.61 Å². The molecule has 0 radical (unpaired) electrons. The average Bonchev–Trinajstić information content (AvgIpc) is 2.59. The van der Waals surface area contributed by atoms with Crippen molar-refractivity contribution >= 4 is 11.5 Å². The molecular formula is C20H27NO3. The normalized spacial score (nSPS) is 18.9. The molecule has 0 bridgehead atoms. The molecule has 2 rings (SSSR count). The van der Waals surface area contributed by atoms with Crippen molar-refractivity contribution in [3.8, 4) is 0 Å². The predicted molar refractivity (Wildman–Crippen MR) is 96.4 cm³/mol. The molecule has 24 heavy (non-hydrogen) atoms. The second kappa shape index (κ2) is 8.67. The molecule has 1 aromatic rings. The van der Waals surface area contributed by atoms with Gasteiger partial charge in [0.2, 0.25) is 0 Å². The molecule has 1 unspecified atom stereocenters. The monoisotopic (exact) mass is 329 g/mol. The number of carbonyl (C=O) groups is 1. The van der Waals surface area contributed by atoms with Crippen LogP contribution >= 0.6 is 0 Å². The van der Waals surface area contributed by atoms with E-state index in [-0.39, 0.29) is 17.5 Å². The van der Waals surface area contributed by atoms with E-state index in [0.29, 0.717) is 37.2 Å². The van der Waals surface area contributed by atoms with E-state index in [1.165, 1.54) is 5.56 Å². The second-order valence-electron chi connectivity index (χ2n) is 6.15. The first-order valence-electron chi connectivity index (χ1n) is 8.83. The molecule has 0 saturated heterocycles. The Bertz CT molecular complexity index is 629. The number of rotatable bonds is 7. The zero-order valence-electron chi connectivity index (χ0n) is 14.8. The van der Waals surface area contributed by atoms with Crippen molar-refractivity contribution in [1.82, 2.24) is 0 Å². The summed E-state index contributed by atoms with van der Waals surface area (Å²) in [5.41, 5.74) is 3.31. The Hall–Kier alpha value is -2.10. The van der Waals surface area contributed by atoms with E-state index < -0.39 is 0 Å². The third-order valence-electron chi connectivity index (χ3n) is 4.38. The van der Waals surface area contributed by atoms with Gasteiger partial charge in [0.1, 0.15) is 12.4 Å². The third-order valence-corrected chi connectivity index (χ3v) is 4.38. The van der Waals surface area contributed by atoms with E-state index >= 15 is 0 Å². The Morgan fingerprint density at radius 3 is 2.46 bits per heavy atom. The lowest BCUT2D eigenvalue weighted by Gasteiger charge is -2.24. The highest BCUT2D eigenvalue weighted by Crippen LogP contribution is 2.34. The summed E-state index contributed by atoms with van der Waals surface area (Å²) in [7, 11) is 0. The predicted octanol–water partition coefficient (Wildman–Crippen LogP) is 4.70. The third kappa shape index (κ3) is 4.25. The molecule has 0 spiro atoms. The molecule has 0 heterocycles. The fraction of sp³-hybridized carbons (Fsp3) is 0.500. The highest BCUT2D eigenvalue weighted by molar-refractivity contribution is 6.23. The summed E-state index contributed by atoms with van der Waals surface area (Å²) in [5, 5.41) is 14.5. The van der Waals surface area contributed by atoms with Crippen LogP contribution in [0.5, 0.6) is 0 Å². The van der Waals surface area contributed by atoms with Gasteiger partial charge in [0.05, 0.1) is 11.3 Å². The van der Waals surface area contributed by atoms with Gasteiger partial charge in [-0.05, 0) is 36.8 Å². The molecule has 1 aromatic carbocycles. The molecule has 1 N–H and O–H groups in total. The van der Waals surface area contributed by atoms with Gasteiger partial charge in [0.25, 0.3) is 0 Å². The lowest BCUT2D eigenvalue weighted by Crippen LogP contribution is -2.24. The molecule has 1 aliphatic rings. The molecule has 130 valence electrons. The number of hydrogen-bond acceptors (Lipinski definition) is 4. The Morgan fingerprint density at radius 1 is 1.21 bits per heavy atom. The molecule has 4 nitrogen and oxygen atoms in total. The van der Waals surface area contributed by atoms with E-state index in [1.54, 1.807) is 0 Å². The number of allylic oxidation sites excluding steroid dienone is 2. The number of oxime groups is 1. The van der Waals surface area contributed by atoms with Crippen molar-refractivity contribution in [1.29, 1.82) is 0 Å². The summed E-state index contributed by atoms with van der Waals surface area (Å²) in [5.74, 6) is 0.125. The zero-order chi connectivity index (χ0) is 17.5. The molecular weight excluding hydrogens is 302 g/mol. The molecule has 0 amide bonds. The minimum absolute atomic E-state index is 0.0297. The van der Waals surface area contributed by atoms with Crippen LogP contribution < -0.4 is 0 Å². The smallest absolute Gasteiger partial charge is 0.168 e. The van der Waals surface area contributed by atoms with Crippen LogP contribution in [0.2, 0.25) is 0 Å². The molecule has 4 heteroatoms. The van der Waals surface area contributed by atoms with Gasteiger partial charge in [-0.1, -0.05) is 49.7 Å². The van der Waals surface area contributed by atoms with Gasteiger partial charge in [-0.2, -0.15) is 0 Å². The number of Topliss-reactive ketones (excluding diaryl/α,β-unsaturated/α-hetero) is 1. The SMILES string of the molecule is CCC/C(=N/OCC)C1=C(O)CC(c2ccc(CC)cc2)CC1=O. The first kappa shape index (κ1) is 18.2. The maximum absolute atomic E-state index is 12.6. The van der Waals surface area contributed by atoms with E-state index in [9.17, 15) is 9.90 Å². The van der Waals surface area contributed by atoms with Crippen LogP contribution in [-0.4, -0.2) is 23.2 Å². The summed E-state index contributed by atoms with van der Waals surface area (Å²) >= 11 is 0. The van der Waals surface area contributed by atoms with Crippen LogP contribution in [0.4, 0.5) is 0 Å². The van der Waals surface area contributed by atoms with Crippen LogP contribution in [0.1, 0.15) is 63.5 Å². The highest BCUT2D eigenvalue weighted by atomic mass is 16.6. The van der Waals surface area contributed by atoms with Crippen LogP contribution in [-0.2, 0) is 16.1 Å². The second-order valence-corrected chi connectivity index (χ2v) is 6.15. The topological polar surface area (TPSA) is 58.9 Å². The van der Waals surface area contributed by atoms with Gasteiger partial charge in [-0.15, -0.1) is 0 Å². The number of aliphatic hydroxyl groups excluding tert-OH is 1. The van der Waals surface area contributed by atoms with Crippen LogP contribution in [0.25, 0.3) is 0 Å². The largest absolute Gasteiger partial charge is 0.511 e. The Kier molecular flexibility index (Phi) is 6.59. The standard InChI is InChI=1S/C20H27NO3/c1-4-7-17(21-24-6-3)20-18(22)12-16(13-19(20)23)15-10-8-14(5-2)9-11-15/h8-11,16,22H,4-7,12-13H2,1-3H3/b21-17-. The van der Waals surface area contributed by atoms with Gasteiger partial charge in [0, 0.05) is 12.8 Å². The minimum atomic E-state index is -0.0461. The van der Waals surface area contributed by atoms with Gasteiger partial charge in [-0.25, -0.2) is 0 Å². The first-order chi connectivity index (χ1) is 11.6. The van der Waals surface area contributed by atoms with Gasteiger partial charge >= 0.3 is 0 Å². The van der Waals surface area contributed by atoms with Crippen molar-refractivity contribution in [3.63, 3.8) is 0 Å². The van der Waals surface area contributed by atoms with E-state index in [4.69, 9.17) is 4.84 Å². The van der Waals surface area contributed by atoms with Gasteiger partial charge in [-0.3, -0.25) is 4.79 Å². The lowest BCUT2D eigenvalue weighted by atomic mass is 9.80. The van der Waals surface area contributed by atoms with Crippen molar-refractivity contribution in [2.45, 2.75) is 58.8 Å². The number of hydrogen-bond donors (Lipinski definition) is 1. The van der Waals surface area contributed by atoms with E-state index in [0.717, 1.165) is 18.4 Å². The van der Waals surface area contributed by atoms with E-state index in [2.05, 4.69) is 36.3 Å². The average molecular weight is 329 g/mol. The summed E-state index contributed by atoms with van der Waals surface area (Å²) in [6.07, 6.45) is 3.34. The summed E-state index contributed by atoms with van der Waals surface area (Å²) in [6.45, 7) is 6.43. The Morgan fingerprint density at radius 2 is 1.92 bits per heavy atom. The quantitative estimate of drug-likeness (QED) is 0.582. The maximum atomic E-state index is 12.6. The molecule has 0 fully saturated rings.